The number of rotatable bonds is 7. The zero-order valence-electron chi connectivity index (χ0n) is 12.0. The number of aliphatic hydroxyl groups is 1. The number of unbranched alkanes of at least 4 members (excludes halogenated alkanes) is 1. The minimum atomic E-state index is -1.08. The van der Waals surface area contributed by atoms with E-state index in [1.54, 1.807) is 0 Å². The van der Waals surface area contributed by atoms with Crippen molar-refractivity contribution in [3.05, 3.63) is 0 Å². The topological polar surface area (TPSA) is 99.1 Å². The number of hydrogen-bond donors (Lipinski definition) is 3. The molecule has 116 valence electrons. The lowest BCUT2D eigenvalue weighted by Crippen LogP contribution is -2.46. The molecule has 1 aliphatic rings. The van der Waals surface area contributed by atoms with Crippen LogP contribution < -0.4 is 5.32 Å². The van der Waals surface area contributed by atoms with Gasteiger partial charge >= 0.3 is 12.0 Å². The third kappa shape index (κ3) is 5.34. The van der Waals surface area contributed by atoms with Crippen molar-refractivity contribution in [2.24, 2.45) is 0 Å². The molecule has 1 aliphatic heterocycles. The lowest BCUT2D eigenvalue weighted by atomic mass is 10.2. The van der Waals surface area contributed by atoms with Crippen molar-refractivity contribution in [3.8, 4) is 0 Å². The van der Waals surface area contributed by atoms with Crippen molar-refractivity contribution >= 4 is 12.0 Å². The summed E-state index contributed by atoms with van der Waals surface area (Å²) in [5.74, 6) is -1.08. The molecule has 0 aliphatic carbocycles. The number of amides is 2. The summed E-state index contributed by atoms with van der Waals surface area (Å²) < 4.78 is 5.38. The molecule has 7 nitrogen and oxygen atoms in total. The molecule has 0 bridgehead atoms. The first-order chi connectivity index (χ1) is 9.41. The van der Waals surface area contributed by atoms with Crippen molar-refractivity contribution in [1.29, 1.82) is 0 Å². The smallest absolute Gasteiger partial charge is 0.326 e. The van der Waals surface area contributed by atoms with Gasteiger partial charge in [-0.2, -0.15) is 0 Å². The lowest BCUT2D eigenvalue weighted by Gasteiger charge is -2.21. The molecule has 0 spiro atoms. The maximum Gasteiger partial charge on any atom is 0.326 e. The van der Waals surface area contributed by atoms with Crippen LogP contribution in [0.1, 0.15) is 33.1 Å². The van der Waals surface area contributed by atoms with Gasteiger partial charge in [-0.3, -0.25) is 0 Å². The summed E-state index contributed by atoms with van der Waals surface area (Å²) in [5.41, 5.74) is 0. The first-order valence-corrected chi connectivity index (χ1v) is 6.98. The largest absolute Gasteiger partial charge is 0.480 e. The highest BCUT2D eigenvalue weighted by molar-refractivity contribution is 5.83. The molecule has 1 rings (SSSR count). The van der Waals surface area contributed by atoms with E-state index in [-0.39, 0.29) is 19.1 Å². The molecule has 1 saturated heterocycles. The van der Waals surface area contributed by atoms with Gasteiger partial charge in [0.25, 0.3) is 0 Å². The Hall–Kier alpha value is -1.34. The number of likely N-dealkylation sites (tertiary alicyclic amines) is 1. The highest BCUT2D eigenvalue weighted by Gasteiger charge is 2.38. The summed E-state index contributed by atoms with van der Waals surface area (Å²) in [6, 6.07) is -1.37. The van der Waals surface area contributed by atoms with Crippen LogP contribution in [0.2, 0.25) is 0 Å². The van der Waals surface area contributed by atoms with Crippen molar-refractivity contribution in [3.63, 3.8) is 0 Å². The van der Waals surface area contributed by atoms with Gasteiger partial charge in [0.05, 0.1) is 12.2 Å². The van der Waals surface area contributed by atoms with Gasteiger partial charge in [-0.05, 0) is 26.7 Å². The van der Waals surface area contributed by atoms with Crippen LogP contribution >= 0.6 is 0 Å². The van der Waals surface area contributed by atoms with E-state index < -0.39 is 24.1 Å². The number of nitrogens with zero attached hydrogens (tertiary/aromatic N) is 1. The first kappa shape index (κ1) is 16.7. The summed E-state index contributed by atoms with van der Waals surface area (Å²) in [6.45, 7) is 5.12. The van der Waals surface area contributed by atoms with Gasteiger partial charge in [-0.1, -0.05) is 0 Å². The number of aliphatic carboxylic acids is 1. The Morgan fingerprint density at radius 2 is 2.10 bits per heavy atom. The Kier molecular flexibility index (Phi) is 6.74. The number of urea groups is 1. The lowest BCUT2D eigenvalue weighted by molar-refractivity contribution is -0.141. The summed E-state index contributed by atoms with van der Waals surface area (Å²) in [6.07, 6.45) is 1.13. The minimum absolute atomic E-state index is 0.0687. The van der Waals surface area contributed by atoms with Gasteiger partial charge in [0.1, 0.15) is 6.04 Å². The third-order valence-electron chi connectivity index (χ3n) is 3.12. The SMILES string of the molecule is CC(C)OCCCCNC(=O)N1C[C@H](O)C[C@@H]1C(=O)O. The van der Waals surface area contributed by atoms with Crippen LogP contribution in [-0.2, 0) is 9.53 Å². The highest BCUT2D eigenvalue weighted by atomic mass is 16.5. The molecular formula is C13H24N2O5. The number of aliphatic hydroxyl groups excluding tert-OH is 1. The Morgan fingerprint density at radius 3 is 2.70 bits per heavy atom. The molecule has 20 heavy (non-hydrogen) atoms. The Labute approximate surface area is 118 Å². The number of β-amino-alcohol motifs (C(OH)–C–C–N with tert-alkyl or cyclic N) is 1. The molecule has 2 amide bonds. The summed E-state index contributed by atoms with van der Waals surface area (Å²) >= 11 is 0. The van der Waals surface area contributed by atoms with Gasteiger partial charge in [0, 0.05) is 26.1 Å². The number of carboxylic acid groups (broad SMARTS) is 1. The summed E-state index contributed by atoms with van der Waals surface area (Å²) in [7, 11) is 0. The average Bonchev–Trinajstić information content (AvgIpc) is 2.75. The van der Waals surface area contributed by atoms with Crippen LogP contribution in [0.3, 0.4) is 0 Å². The van der Waals surface area contributed by atoms with Gasteiger partial charge in [0.15, 0.2) is 0 Å². The highest BCUT2D eigenvalue weighted by Crippen LogP contribution is 2.18. The molecule has 0 radical (unpaired) electrons. The molecule has 1 fully saturated rings. The summed E-state index contributed by atoms with van der Waals surface area (Å²) in [4.78, 5) is 24.0. The van der Waals surface area contributed by atoms with E-state index in [2.05, 4.69) is 5.32 Å². The fourth-order valence-electron chi connectivity index (χ4n) is 2.12. The molecule has 0 saturated carbocycles. The van der Waals surface area contributed by atoms with Crippen LogP contribution in [0.5, 0.6) is 0 Å². The zero-order chi connectivity index (χ0) is 15.1. The van der Waals surface area contributed by atoms with E-state index in [1.807, 2.05) is 13.8 Å². The van der Waals surface area contributed by atoms with Crippen molar-refractivity contribution in [2.45, 2.75) is 51.4 Å². The number of nitrogens with one attached hydrogen (secondary N) is 1. The normalized spacial score (nSPS) is 22.3. The second kappa shape index (κ2) is 8.06. The van der Waals surface area contributed by atoms with E-state index in [0.29, 0.717) is 13.2 Å². The minimum Gasteiger partial charge on any atom is -0.480 e. The predicted molar refractivity (Wildman–Crippen MR) is 72.5 cm³/mol. The van der Waals surface area contributed by atoms with Crippen LogP contribution in [0.25, 0.3) is 0 Å². The predicted octanol–water partition coefficient (Wildman–Crippen LogP) is 0.421. The van der Waals surface area contributed by atoms with Crippen molar-refractivity contribution in [1.82, 2.24) is 10.2 Å². The molecule has 7 heteroatoms. The second-order valence-corrected chi connectivity index (χ2v) is 5.25. The zero-order valence-corrected chi connectivity index (χ0v) is 12.0. The molecule has 0 aromatic rings. The molecule has 2 atom stereocenters. The van der Waals surface area contributed by atoms with E-state index in [9.17, 15) is 14.7 Å². The first-order valence-electron chi connectivity index (χ1n) is 6.98. The Balaban J connectivity index is 2.23. The fourth-order valence-corrected chi connectivity index (χ4v) is 2.12. The van der Waals surface area contributed by atoms with Gasteiger partial charge in [0.2, 0.25) is 0 Å². The van der Waals surface area contributed by atoms with Crippen molar-refractivity contribution in [2.75, 3.05) is 19.7 Å². The second-order valence-electron chi connectivity index (χ2n) is 5.25. The quantitative estimate of drug-likeness (QED) is 0.590. The number of carbonyl (C=O) groups excluding carboxylic acids is 1. The van der Waals surface area contributed by atoms with E-state index in [4.69, 9.17) is 9.84 Å². The van der Waals surface area contributed by atoms with Crippen LogP contribution in [0.15, 0.2) is 0 Å². The molecular weight excluding hydrogens is 264 g/mol. The number of ether oxygens (including phenoxy) is 1. The third-order valence-corrected chi connectivity index (χ3v) is 3.12. The number of hydrogen-bond acceptors (Lipinski definition) is 4. The average molecular weight is 288 g/mol. The maximum atomic E-state index is 11.9. The van der Waals surface area contributed by atoms with Crippen molar-refractivity contribution < 1.29 is 24.5 Å². The van der Waals surface area contributed by atoms with Gasteiger partial charge in [-0.25, -0.2) is 9.59 Å². The number of carbonyl (C=O) groups is 2. The molecule has 0 aromatic heterocycles. The molecule has 1 heterocycles. The van der Waals surface area contributed by atoms with Crippen LogP contribution in [0.4, 0.5) is 4.79 Å². The van der Waals surface area contributed by atoms with Gasteiger partial charge < -0.3 is 25.2 Å². The maximum absolute atomic E-state index is 11.9. The Bertz CT molecular complexity index is 335. The monoisotopic (exact) mass is 288 g/mol. The fraction of sp³-hybridized carbons (Fsp3) is 0.846. The molecule has 0 aromatic carbocycles. The van der Waals surface area contributed by atoms with Crippen LogP contribution in [0, 0.1) is 0 Å². The Morgan fingerprint density at radius 1 is 1.40 bits per heavy atom. The van der Waals surface area contributed by atoms with Crippen LogP contribution in [-0.4, -0.2) is 65.1 Å². The van der Waals surface area contributed by atoms with E-state index >= 15 is 0 Å². The van der Waals surface area contributed by atoms with E-state index in [1.165, 1.54) is 4.90 Å². The number of carboxylic acids is 1. The van der Waals surface area contributed by atoms with E-state index in [0.717, 1.165) is 12.8 Å². The standard InChI is InChI=1S/C13H24N2O5/c1-9(2)20-6-4-3-5-14-13(19)15-8-10(16)7-11(15)12(17)18/h9-11,16H,3-8H2,1-2H3,(H,14,19)(H,17,18)/t10-,11-/m1/s1. The summed E-state index contributed by atoms with van der Waals surface area (Å²) in [5, 5.41) is 21.1. The molecule has 0 unspecified atom stereocenters. The van der Waals surface area contributed by atoms with Gasteiger partial charge in [-0.15, -0.1) is 0 Å². The molecule has 3 N–H and O–H groups in total.